The van der Waals surface area contributed by atoms with E-state index in [1.807, 2.05) is 0 Å². The molecule has 0 unspecified atom stereocenters. The van der Waals surface area contributed by atoms with Gasteiger partial charge in [-0.3, -0.25) is 0 Å². The molecular formula is ArGaI3. The summed E-state index contributed by atoms with van der Waals surface area (Å²) in [5, 5.41) is 0. The number of rotatable bonds is 0. The molecule has 0 aliphatic rings. The Morgan fingerprint density at radius 2 is 1.00 bits per heavy atom. The Morgan fingerprint density at radius 1 is 1.00 bits per heavy atom. The fourth-order valence-corrected chi connectivity index (χ4v) is 0. The minimum absolute atomic E-state index is 0. The van der Waals surface area contributed by atoms with E-state index in [0.717, 1.165) is 0 Å². The van der Waals surface area contributed by atoms with Crippen LogP contribution < -0.4 is 0 Å². The number of hydrogen-bond donors (Lipinski definition) is 0. The second-order valence-corrected chi connectivity index (χ2v) is 57.9. The van der Waals surface area contributed by atoms with E-state index in [1.54, 1.807) is 0 Å². The molecule has 0 bridgehead atoms. The normalized spacial score (nSPS) is 5.40. The van der Waals surface area contributed by atoms with Crippen LogP contribution in [0.5, 0.6) is 0 Å². The summed E-state index contributed by atoms with van der Waals surface area (Å²) in [5.41, 5.74) is -0.569. The van der Waals surface area contributed by atoms with Crippen LogP contribution in [0.4, 0.5) is 0 Å². The zero-order valence-corrected chi connectivity index (χ0v) is 11.7. The van der Waals surface area contributed by atoms with Crippen LogP contribution in [0.2, 0.25) is 0 Å². The van der Waals surface area contributed by atoms with Gasteiger partial charge in [0.15, 0.2) is 0 Å². The van der Waals surface area contributed by atoms with Crippen molar-refractivity contribution >= 4 is 64.6 Å². The van der Waals surface area contributed by atoms with Crippen LogP contribution in [-0.2, 0) is 0 Å². The second-order valence-electron chi connectivity index (χ2n) is 0.247. The van der Waals surface area contributed by atoms with Gasteiger partial charge in [-0.25, -0.2) is 0 Å². The van der Waals surface area contributed by atoms with E-state index >= 15 is 0 Å². The summed E-state index contributed by atoms with van der Waals surface area (Å²) in [5.74, 6) is 0. The summed E-state index contributed by atoms with van der Waals surface area (Å²) in [4.78, 5) is 0. The van der Waals surface area contributed by atoms with Crippen molar-refractivity contribution in [3.8, 4) is 0 Å². The predicted octanol–water partition coefficient (Wildman–Crippen LogP) is 2.28. The van der Waals surface area contributed by atoms with Gasteiger partial charge < -0.3 is 0 Å². The molecule has 5 heteroatoms. The quantitative estimate of drug-likeness (QED) is 0.361. The molecule has 0 saturated heterocycles. The maximum atomic E-state index is 2.50. The second kappa shape index (κ2) is 8.09. The summed E-state index contributed by atoms with van der Waals surface area (Å²) in [6.07, 6.45) is 0. The van der Waals surface area contributed by atoms with E-state index in [-0.39, 0.29) is 37.7 Å². The summed E-state index contributed by atoms with van der Waals surface area (Å²) >= 11 is 7.51. The molecule has 0 aromatic carbocycles. The molecule has 0 amide bonds. The van der Waals surface area contributed by atoms with Gasteiger partial charge in [-0.15, -0.1) is 0 Å². The van der Waals surface area contributed by atoms with E-state index in [1.165, 1.54) is 0 Å². The first kappa shape index (κ1) is 11.8. The van der Waals surface area contributed by atoms with Crippen molar-refractivity contribution < 1.29 is 37.7 Å². The fraction of sp³-hybridized carbons (Fsp3) is 0. The van der Waals surface area contributed by atoms with Gasteiger partial charge in [0.25, 0.3) is 0 Å². The number of halogens is 3. The summed E-state index contributed by atoms with van der Waals surface area (Å²) < 4.78 is 0. The van der Waals surface area contributed by atoms with Gasteiger partial charge >= 0.3 is 64.6 Å². The first-order valence-corrected chi connectivity index (χ1v) is 22.8. The van der Waals surface area contributed by atoms with Crippen molar-refractivity contribution in [3.05, 3.63) is 0 Å². The third-order valence-corrected chi connectivity index (χ3v) is 0. The van der Waals surface area contributed by atoms with Crippen molar-refractivity contribution in [1.82, 2.24) is 0 Å². The molecule has 0 N–H and O–H groups in total. The fourth-order valence-electron chi connectivity index (χ4n) is 0. The van der Waals surface area contributed by atoms with Crippen molar-refractivity contribution in [2.75, 3.05) is 0 Å². The molecular weight excluding hydrogens is 490 g/mol. The molecule has 0 rings (SSSR count). The summed E-state index contributed by atoms with van der Waals surface area (Å²) in [6.45, 7) is 0. The molecule has 32 valence electrons. The molecule has 5 heavy (non-hydrogen) atoms. The van der Waals surface area contributed by atoms with Crippen molar-refractivity contribution in [2.45, 2.75) is 0 Å². The molecule has 0 atom stereocenters. The third-order valence-electron chi connectivity index (χ3n) is 0. The van der Waals surface area contributed by atoms with Gasteiger partial charge in [0, 0.05) is 37.7 Å². The van der Waals surface area contributed by atoms with Gasteiger partial charge in [0.1, 0.15) is 0 Å². The molecule has 0 fully saturated rings. The van der Waals surface area contributed by atoms with Crippen LogP contribution in [0.15, 0.2) is 0 Å². The van der Waals surface area contributed by atoms with E-state index in [2.05, 4.69) is 59.0 Å². The van der Waals surface area contributed by atoms with Crippen LogP contribution in [0.3, 0.4) is 0 Å². The topological polar surface area (TPSA) is 0 Å². The SMILES string of the molecule is [Ar].[I][Ga]([I])[I]. The first-order valence-electron chi connectivity index (χ1n) is 0.655. The van der Waals surface area contributed by atoms with Crippen LogP contribution in [0.1, 0.15) is 0 Å². The van der Waals surface area contributed by atoms with Crippen LogP contribution in [-0.4, -0.2) is 5.58 Å². The molecule has 0 heterocycles. The van der Waals surface area contributed by atoms with Crippen LogP contribution in [0.25, 0.3) is 0 Å². The van der Waals surface area contributed by atoms with Crippen molar-refractivity contribution in [3.63, 3.8) is 0 Å². The molecule has 0 spiro atoms. The van der Waals surface area contributed by atoms with E-state index in [9.17, 15) is 0 Å². The van der Waals surface area contributed by atoms with E-state index < -0.39 is 5.58 Å². The summed E-state index contributed by atoms with van der Waals surface area (Å²) in [7, 11) is 0. The van der Waals surface area contributed by atoms with Gasteiger partial charge in [0.2, 0.25) is 0 Å². The Kier molecular flexibility index (Phi) is 19.1. The number of hydrogen-bond acceptors (Lipinski definition) is 0. The maximum absolute atomic E-state index is 2.50. The van der Waals surface area contributed by atoms with Gasteiger partial charge in [0.05, 0.1) is 0 Å². The molecule has 0 aliphatic heterocycles. The Balaban J connectivity index is 0. The van der Waals surface area contributed by atoms with Gasteiger partial charge in [-0.2, -0.15) is 0 Å². The molecule has 0 aromatic rings. The molecule has 0 radical (unpaired) electrons. The average molecular weight is 490 g/mol. The average Bonchev–Trinajstić information content (AvgIpc) is 0.811. The molecule has 0 saturated carbocycles. The zero-order chi connectivity index (χ0) is 3.58. The Morgan fingerprint density at radius 3 is 1.00 bits per heavy atom. The Hall–Kier alpha value is 4.09. The third kappa shape index (κ3) is 17.9. The first-order chi connectivity index (χ1) is 1.73. The minimum atomic E-state index is -0.569. The van der Waals surface area contributed by atoms with Crippen LogP contribution >= 0.6 is 59.0 Å². The van der Waals surface area contributed by atoms with Crippen molar-refractivity contribution in [1.29, 1.82) is 0 Å². The van der Waals surface area contributed by atoms with Crippen molar-refractivity contribution in [2.24, 2.45) is 0 Å². The molecule has 0 aromatic heterocycles. The van der Waals surface area contributed by atoms with Gasteiger partial charge in [-0.05, 0) is 0 Å². The molecule has 0 aliphatic carbocycles. The Labute approximate surface area is 99.0 Å². The standard InChI is InChI=1S/Ar.Ga.3HI/h;;3*1H/q;+3;;;/p-3. The monoisotopic (exact) mass is 490 g/mol. The Bertz CT molecular complexity index is 11.6. The van der Waals surface area contributed by atoms with E-state index in [0.29, 0.717) is 0 Å². The van der Waals surface area contributed by atoms with Gasteiger partial charge in [-0.1, -0.05) is 0 Å². The predicted molar refractivity (Wildman–Crippen MR) is 47.8 cm³/mol. The zero-order valence-electron chi connectivity index (χ0n) is 2.06. The van der Waals surface area contributed by atoms with Crippen LogP contribution in [0, 0.1) is 37.7 Å². The molecule has 0 nitrogen and oxygen atoms in total. The van der Waals surface area contributed by atoms with E-state index in [4.69, 9.17) is 0 Å². The summed E-state index contributed by atoms with van der Waals surface area (Å²) in [6, 6.07) is 0.